The van der Waals surface area contributed by atoms with Crippen LogP contribution in [0.2, 0.25) is 0 Å². The fraction of sp³-hybridized carbons (Fsp3) is 0.562. The maximum atomic E-state index is 11.9. The average molecular weight is 275 g/mol. The molecule has 20 heavy (non-hydrogen) atoms. The highest BCUT2D eigenvalue weighted by Crippen LogP contribution is 2.13. The Hall–Kier alpha value is -1.55. The Morgan fingerprint density at radius 3 is 2.55 bits per heavy atom. The molecule has 4 heteroatoms. The third-order valence-electron chi connectivity index (χ3n) is 3.87. The number of fused-ring (bicyclic) bond motifs is 1. The van der Waals surface area contributed by atoms with E-state index in [1.165, 1.54) is 31.2 Å². The lowest BCUT2D eigenvalue weighted by atomic mass is 10.2. The fourth-order valence-corrected chi connectivity index (χ4v) is 2.57. The van der Waals surface area contributed by atoms with Gasteiger partial charge in [0, 0.05) is 20.6 Å². The molecule has 0 bridgehead atoms. The lowest BCUT2D eigenvalue weighted by Crippen LogP contribution is -2.19. The summed E-state index contributed by atoms with van der Waals surface area (Å²) in [7, 11) is 3.64. The molecule has 0 aliphatic heterocycles. The summed E-state index contributed by atoms with van der Waals surface area (Å²) in [5.74, 6) is 0. The van der Waals surface area contributed by atoms with Crippen molar-refractivity contribution in [1.82, 2.24) is 14.5 Å². The molecule has 0 aliphatic carbocycles. The van der Waals surface area contributed by atoms with Crippen molar-refractivity contribution in [3.63, 3.8) is 0 Å². The summed E-state index contributed by atoms with van der Waals surface area (Å²) in [4.78, 5) is 11.9. The van der Waals surface area contributed by atoms with Crippen LogP contribution in [-0.2, 0) is 20.6 Å². The van der Waals surface area contributed by atoms with Crippen molar-refractivity contribution in [2.24, 2.45) is 14.1 Å². The molecule has 0 unspecified atom stereocenters. The predicted octanol–water partition coefficient (Wildman–Crippen LogP) is 2.55. The van der Waals surface area contributed by atoms with Crippen molar-refractivity contribution in [1.29, 1.82) is 0 Å². The summed E-state index contributed by atoms with van der Waals surface area (Å²) in [6.45, 7) is 4.16. The van der Waals surface area contributed by atoms with Crippen LogP contribution in [-0.4, -0.2) is 15.7 Å². The summed E-state index contributed by atoms with van der Waals surface area (Å²) in [6, 6.07) is 6.24. The molecule has 1 aromatic heterocycles. The van der Waals surface area contributed by atoms with E-state index < -0.39 is 0 Å². The van der Waals surface area contributed by atoms with E-state index in [9.17, 15) is 4.79 Å². The largest absolute Gasteiger partial charge is 0.328 e. The predicted molar refractivity (Wildman–Crippen MR) is 84.0 cm³/mol. The Bertz CT molecular complexity index is 624. The average Bonchev–Trinajstić information content (AvgIpc) is 2.67. The third kappa shape index (κ3) is 3.12. The zero-order valence-corrected chi connectivity index (χ0v) is 12.8. The molecular formula is C16H25N3O. The molecule has 0 saturated carbocycles. The van der Waals surface area contributed by atoms with Crippen LogP contribution >= 0.6 is 0 Å². The minimum Gasteiger partial charge on any atom is -0.313 e. The minimum atomic E-state index is 0.0321. The van der Waals surface area contributed by atoms with Crippen molar-refractivity contribution < 1.29 is 0 Å². The lowest BCUT2D eigenvalue weighted by Gasteiger charge is -2.05. The Labute approximate surface area is 120 Å². The molecule has 0 fully saturated rings. The van der Waals surface area contributed by atoms with E-state index >= 15 is 0 Å². The number of hydrogen-bond donors (Lipinski definition) is 1. The van der Waals surface area contributed by atoms with Crippen LogP contribution in [0.1, 0.15) is 38.2 Å². The van der Waals surface area contributed by atoms with Crippen LogP contribution < -0.4 is 11.0 Å². The molecule has 0 atom stereocenters. The highest BCUT2D eigenvalue weighted by Gasteiger charge is 2.07. The van der Waals surface area contributed by atoms with Gasteiger partial charge in [0.1, 0.15) is 0 Å². The Balaban J connectivity index is 1.98. The van der Waals surface area contributed by atoms with E-state index in [1.54, 1.807) is 9.13 Å². The fourth-order valence-electron chi connectivity index (χ4n) is 2.57. The van der Waals surface area contributed by atoms with Crippen LogP contribution in [0, 0.1) is 0 Å². The SMILES string of the molecule is CCCCCCNCc1ccc2c(c1)n(C)c(=O)n2C. The molecule has 1 heterocycles. The molecule has 0 radical (unpaired) electrons. The molecular weight excluding hydrogens is 250 g/mol. The third-order valence-corrected chi connectivity index (χ3v) is 3.87. The van der Waals surface area contributed by atoms with E-state index in [1.807, 2.05) is 20.2 Å². The van der Waals surface area contributed by atoms with Crippen molar-refractivity contribution >= 4 is 11.0 Å². The number of hydrogen-bond acceptors (Lipinski definition) is 2. The smallest absolute Gasteiger partial charge is 0.313 e. The number of benzene rings is 1. The normalized spacial score (nSPS) is 11.3. The second kappa shape index (κ2) is 6.75. The second-order valence-electron chi connectivity index (χ2n) is 5.46. The quantitative estimate of drug-likeness (QED) is 0.789. The highest BCUT2D eigenvalue weighted by molar-refractivity contribution is 5.76. The Morgan fingerprint density at radius 1 is 1.05 bits per heavy atom. The molecule has 4 nitrogen and oxygen atoms in total. The van der Waals surface area contributed by atoms with Gasteiger partial charge >= 0.3 is 5.69 Å². The van der Waals surface area contributed by atoms with E-state index in [0.29, 0.717) is 0 Å². The molecule has 2 aromatic rings. The monoisotopic (exact) mass is 275 g/mol. The zero-order valence-electron chi connectivity index (χ0n) is 12.8. The van der Waals surface area contributed by atoms with Crippen LogP contribution in [0.25, 0.3) is 11.0 Å². The molecule has 0 saturated heterocycles. The number of unbranched alkanes of at least 4 members (excludes halogenated alkanes) is 3. The Morgan fingerprint density at radius 2 is 1.80 bits per heavy atom. The zero-order chi connectivity index (χ0) is 14.5. The van der Waals surface area contributed by atoms with Crippen molar-refractivity contribution in [2.75, 3.05) is 6.54 Å². The Kier molecular flexibility index (Phi) is 5.01. The summed E-state index contributed by atoms with van der Waals surface area (Å²) >= 11 is 0. The first kappa shape index (κ1) is 14.9. The van der Waals surface area contributed by atoms with Gasteiger partial charge in [0.05, 0.1) is 11.0 Å². The van der Waals surface area contributed by atoms with Crippen LogP contribution in [0.5, 0.6) is 0 Å². The number of rotatable bonds is 7. The first-order chi connectivity index (χ1) is 9.65. The second-order valence-corrected chi connectivity index (χ2v) is 5.46. The van der Waals surface area contributed by atoms with Gasteiger partial charge in [-0.3, -0.25) is 9.13 Å². The first-order valence-electron chi connectivity index (χ1n) is 7.50. The van der Waals surface area contributed by atoms with Crippen LogP contribution in [0.15, 0.2) is 23.0 Å². The molecule has 110 valence electrons. The number of nitrogens with zero attached hydrogens (tertiary/aromatic N) is 2. The van der Waals surface area contributed by atoms with Gasteiger partial charge in [0.15, 0.2) is 0 Å². The van der Waals surface area contributed by atoms with Gasteiger partial charge in [-0.1, -0.05) is 32.3 Å². The van der Waals surface area contributed by atoms with Gasteiger partial charge in [-0.25, -0.2) is 4.79 Å². The summed E-state index contributed by atoms with van der Waals surface area (Å²) in [6.07, 6.45) is 5.13. The standard InChI is InChI=1S/C16H25N3O/c1-4-5-6-7-10-17-12-13-8-9-14-15(11-13)19(3)16(20)18(14)2/h8-9,11,17H,4-7,10,12H2,1-3H3. The first-order valence-corrected chi connectivity index (χ1v) is 7.50. The molecule has 0 amide bonds. The van der Waals surface area contributed by atoms with E-state index in [4.69, 9.17) is 0 Å². The molecule has 1 N–H and O–H groups in total. The highest BCUT2D eigenvalue weighted by atomic mass is 16.1. The number of aromatic nitrogens is 2. The van der Waals surface area contributed by atoms with E-state index in [2.05, 4.69) is 24.4 Å². The number of aryl methyl sites for hydroxylation is 2. The van der Waals surface area contributed by atoms with E-state index in [-0.39, 0.29) is 5.69 Å². The minimum absolute atomic E-state index is 0.0321. The molecule has 2 rings (SSSR count). The van der Waals surface area contributed by atoms with Gasteiger partial charge < -0.3 is 5.32 Å². The van der Waals surface area contributed by atoms with Crippen LogP contribution in [0.4, 0.5) is 0 Å². The van der Waals surface area contributed by atoms with Gasteiger partial charge in [0.2, 0.25) is 0 Å². The van der Waals surface area contributed by atoms with Gasteiger partial charge in [-0.05, 0) is 30.7 Å². The summed E-state index contributed by atoms with van der Waals surface area (Å²) < 4.78 is 3.40. The topological polar surface area (TPSA) is 39.0 Å². The maximum absolute atomic E-state index is 11.9. The molecule has 0 spiro atoms. The van der Waals surface area contributed by atoms with Gasteiger partial charge in [-0.2, -0.15) is 0 Å². The lowest BCUT2D eigenvalue weighted by molar-refractivity contribution is 0.598. The van der Waals surface area contributed by atoms with E-state index in [0.717, 1.165) is 24.1 Å². The molecule has 1 aromatic carbocycles. The summed E-state index contributed by atoms with van der Waals surface area (Å²) in [5, 5.41) is 3.47. The van der Waals surface area contributed by atoms with Gasteiger partial charge in [0.25, 0.3) is 0 Å². The van der Waals surface area contributed by atoms with Crippen molar-refractivity contribution in [2.45, 2.75) is 39.2 Å². The van der Waals surface area contributed by atoms with Crippen LogP contribution in [0.3, 0.4) is 0 Å². The van der Waals surface area contributed by atoms with Crippen molar-refractivity contribution in [3.8, 4) is 0 Å². The maximum Gasteiger partial charge on any atom is 0.328 e. The number of nitrogens with one attached hydrogen (secondary N) is 1. The van der Waals surface area contributed by atoms with Gasteiger partial charge in [-0.15, -0.1) is 0 Å². The molecule has 0 aliphatic rings. The number of imidazole rings is 1. The summed E-state index contributed by atoms with van der Waals surface area (Å²) in [5.41, 5.74) is 3.26. The van der Waals surface area contributed by atoms with Crippen molar-refractivity contribution in [3.05, 3.63) is 34.2 Å².